The second-order valence-electron chi connectivity index (χ2n) is 8.47. The Balaban J connectivity index is 1.78. The zero-order chi connectivity index (χ0) is 18.1. The van der Waals surface area contributed by atoms with Gasteiger partial charge in [-0.1, -0.05) is 51.8 Å². The lowest BCUT2D eigenvalue weighted by atomic mass is 9.84. The van der Waals surface area contributed by atoms with Crippen LogP contribution in [0.25, 0.3) is 0 Å². The molecule has 1 saturated heterocycles. The number of nitrogens with one attached hydrogen (secondary N) is 3. The molecule has 2 aliphatic rings. The van der Waals surface area contributed by atoms with Crippen molar-refractivity contribution in [1.82, 2.24) is 16.2 Å². The molecule has 1 heterocycles. The number of hydrogen-bond acceptors (Lipinski definition) is 4. The summed E-state index contributed by atoms with van der Waals surface area (Å²) < 4.78 is 5.57. The van der Waals surface area contributed by atoms with Crippen molar-refractivity contribution in [2.45, 2.75) is 70.5 Å². The number of methoxy groups -OCH3 is 1. The van der Waals surface area contributed by atoms with E-state index in [1.165, 1.54) is 0 Å². The highest BCUT2D eigenvalue weighted by Crippen LogP contribution is 2.42. The molecule has 1 aromatic rings. The van der Waals surface area contributed by atoms with Crippen molar-refractivity contribution in [2.24, 2.45) is 5.41 Å². The maximum absolute atomic E-state index is 13.0. The molecule has 5 heteroatoms. The van der Waals surface area contributed by atoms with E-state index >= 15 is 0 Å². The number of ether oxygens (including phenoxy) is 1. The molecule has 1 aromatic carbocycles. The lowest BCUT2D eigenvalue weighted by molar-refractivity contribution is -0.125. The van der Waals surface area contributed by atoms with E-state index in [0.717, 1.165) is 43.4 Å². The number of carbonyl (C=O) groups excluding carboxylic acids is 1. The van der Waals surface area contributed by atoms with Gasteiger partial charge in [0.05, 0.1) is 12.6 Å². The molecule has 3 rings (SSSR count). The van der Waals surface area contributed by atoms with Crippen LogP contribution in [0.3, 0.4) is 0 Å². The number of para-hydroxylation sites is 1. The molecule has 1 amide bonds. The van der Waals surface area contributed by atoms with Crippen LogP contribution in [0, 0.1) is 5.41 Å². The molecule has 3 N–H and O–H groups in total. The first-order valence-corrected chi connectivity index (χ1v) is 9.32. The standard InChI is InChI=1S/C20H31N3O2/c1-19(2,3)17-13-15(22-23-17)18(24)21-20(11-7-8-12-20)14-9-5-6-10-16(14)25-4/h5-6,9-10,15,17,22-23H,7-8,11-13H2,1-4H3,(H,21,24). The third-order valence-electron chi connectivity index (χ3n) is 5.71. The molecule has 2 atom stereocenters. The number of carbonyl (C=O) groups is 1. The molecule has 1 aliphatic heterocycles. The van der Waals surface area contributed by atoms with Gasteiger partial charge in [-0.05, 0) is 30.7 Å². The predicted octanol–water partition coefficient (Wildman–Crippen LogP) is 2.86. The van der Waals surface area contributed by atoms with Gasteiger partial charge in [-0.15, -0.1) is 0 Å². The minimum atomic E-state index is -0.314. The summed E-state index contributed by atoms with van der Waals surface area (Å²) in [4.78, 5) is 13.0. The van der Waals surface area contributed by atoms with Gasteiger partial charge in [0.1, 0.15) is 11.8 Å². The van der Waals surface area contributed by atoms with Crippen LogP contribution in [0.4, 0.5) is 0 Å². The summed E-state index contributed by atoms with van der Waals surface area (Å²) >= 11 is 0. The lowest BCUT2D eigenvalue weighted by Gasteiger charge is -2.33. The summed E-state index contributed by atoms with van der Waals surface area (Å²) in [5.41, 5.74) is 7.39. The molecule has 138 valence electrons. The average molecular weight is 345 g/mol. The minimum Gasteiger partial charge on any atom is -0.496 e. The first-order chi connectivity index (χ1) is 11.9. The fourth-order valence-corrected chi connectivity index (χ4v) is 4.10. The Kier molecular flexibility index (Phi) is 5.07. The van der Waals surface area contributed by atoms with Crippen LogP contribution in [0.1, 0.15) is 58.4 Å². The number of amides is 1. The van der Waals surface area contributed by atoms with Crippen LogP contribution in [0.15, 0.2) is 24.3 Å². The Labute approximate surface area is 150 Å². The summed E-state index contributed by atoms with van der Waals surface area (Å²) in [5.74, 6) is 0.932. The highest BCUT2D eigenvalue weighted by molar-refractivity contribution is 5.83. The fraction of sp³-hybridized carbons (Fsp3) is 0.650. The molecular formula is C20H31N3O2. The van der Waals surface area contributed by atoms with Crippen LogP contribution in [-0.4, -0.2) is 25.1 Å². The summed E-state index contributed by atoms with van der Waals surface area (Å²) in [6.07, 6.45) is 4.97. The van der Waals surface area contributed by atoms with Gasteiger partial charge < -0.3 is 10.1 Å². The molecule has 0 radical (unpaired) electrons. The molecule has 2 unspecified atom stereocenters. The van der Waals surface area contributed by atoms with Crippen molar-refractivity contribution >= 4 is 5.91 Å². The van der Waals surface area contributed by atoms with E-state index in [2.05, 4.69) is 43.0 Å². The monoisotopic (exact) mass is 345 g/mol. The van der Waals surface area contributed by atoms with Gasteiger partial charge in [0.15, 0.2) is 0 Å². The third-order valence-corrected chi connectivity index (χ3v) is 5.71. The van der Waals surface area contributed by atoms with E-state index in [-0.39, 0.29) is 28.9 Å². The molecule has 5 nitrogen and oxygen atoms in total. The minimum absolute atomic E-state index is 0.0760. The van der Waals surface area contributed by atoms with Gasteiger partial charge in [0.2, 0.25) is 5.91 Å². The van der Waals surface area contributed by atoms with Crippen molar-refractivity contribution in [3.63, 3.8) is 0 Å². The number of hydrogen-bond donors (Lipinski definition) is 3. The number of benzene rings is 1. The van der Waals surface area contributed by atoms with Gasteiger partial charge in [0.25, 0.3) is 0 Å². The van der Waals surface area contributed by atoms with Gasteiger partial charge >= 0.3 is 0 Å². The topological polar surface area (TPSA) is 62.4 Å². The first kappa shape index (κ1) is 18.2. The maximum atomic E-state index is 13.0. The number of hydrazine groups is 1. The quantitative estimate of drug-likeness (QED) is 0.785. The van der Waals surface area contributed by atoms with Crippen LogP contribution >= 0.6 is 0 Å². The van der Waals surface area contributed by atoms with E-state index in [1.807, 2.05) is 18.2 Å². The van der Waals surface area contributed by atoms with Crippen molar-refractivity contribution in [3.8, 4) is 5.75 Å². The maximum Gasteiger partial charge on any atom is 0.239 e. The lowest BCUT2D eigenvalue weighted by Crippen LogP contribution is -2.51. The van der Waals surface area contributed by atoms with Gasteiger partial charge in [-0.3, -0.25) is 10.2 Å². The van der Waals surface area contributed by atoms with Crippen LogP contribution in [0.5, 0.6) is 5.75 Å². The molecule has 1 saturated carbocycles. The Morgan fingerprint density at radius 1 is 1.20 bits per heavy atom. The van der Waals surface area contributed by atoms with Crippen molar-refractivity contribution in [2.75, 3.05) is 7.11 Å². The predicted molar refractivity (Wildman–Crippen MR) is 99.2 cm³/mol. The van der Waals surface area contributed by atoms with Crippen LogP contribution in [-0.2, 0) is 10.3 Å². The Hall–Kier alpha value is -1.59. The zero-order valence-corrected chi connectivity index (χ0v) is 15.8. The van der Waals surface area contributed by atoms with Crippen LogP contribution < -0.4 is 20.9 Å². The Bertz CT molecular complexity index is 618. The SMILES string of the molecule is COc1ccccc1C1(NC(=O)C2CC(C(C)(C)C)NN2)CCCC1. The van der Waals surface area contributed by atoms with E-state index in [9.17, 15) is 4.79 Å². The zero-order valence-electron chi connectivity index (χ0n) is 15.8. The largest absolute Gasteiger partial charge is 0.496 e. The first-order valence-electron chi connectivity index (χ1n) is 9.32. The summed E-state index contributed by atoms with van der Waals surface area (Å²) in [7, 11) is 1.69. The molecule has 2 fully saturated rings. The second kappa shape index (κ2) is 6.96. The van der Waals surface area contributed by atoms with Crippen molar-refractivity contribution in [1.29, 1.82) is 0 Å². The number of rotatable bonds is 4. The highest BCUT2D eigenvalue weighted by atomic mass is 16.5. The van der Waals surface area contributed by atoms with Gasteiger partial charge in [-0.25, -0.2) is 5.43 Å². The Morgan fingerprint density at radius 3 is 2.48 bits per heavy atom. The van der Waals surface area contributed by atoms with E-state index in [0.29, 0.717) is 0 Å². The second-order valence-corrected chi connectivity index (χ2v) is 8.47. The van der Waals surface area contributed by atoms with Crippen molar-refractivity contribution in [3.05, 3.63) is 29.8 Å². The third kappa shape index (κ3) is 3.67. The van der Waals surface area contributed by atoms with Crippen LogP contribution in [0.2, 0.25) is 0 Å². The summed E-state index contributed by atoms with van der Waals surface area (Å²) in [5, 5.41) is 3.38. The normalized spacial score (nSPS) is 25.8. The molecule has 1 aliphatic carbocycles. The van der Waals surface area contributed by atoms with Crippen molar-refractivity contribution < 1.29 is 9.53 Å². The molecule has 0 spiro atoms. The summed E-state index contributed by atoms with van der Waals surface area (Å²) in [6, 6.07) is 8.15. The molecule has 0 bridgehead atoms. The van der Waals surface area contributed by atoms with E-state index < -0.39 is 0 Å². The molecule has 25 heavy (non-hydrogen) atoms. The highest BCUT2D eigenvalue weighted by Gasteiger charge is 2.42. The van der Waals surface area contributed by atoms with Gasteiger partial charge in [0, 0.05) is 11.6 Å². The molecular weight excluding hydrogens is 314 g/mol. The fourth-order valence-electron chi connectivity index (χ4n) is 4.10. The van der Waals surface area contributed by atoms with E-state index in [1.54, 1.807) is 7.11 Å². The summed E-state index contributed by atoms with van der Waals surface area (Å²) in [6.45, 7) is 6.58. The average Bonchev–Trinajstić information content (AvgIpc) is 3.24. The Morgan fingerprint density at radius 2 is 1.88 bits per heavy atom. The van der Waals surface area contributed by atoms with Gasteiger partial charge in [-0.2, -0.15) is 0 Å². The smallest absolute Gasteiger partial charge is 0.239 e. The van der Waals surface area contributed by atoms with E-state index in [4.69, 9.17) is 4.74 Å². The molecule has 0 aromatic heterocycles.